The number of carboxylic acids is 1. The van der Waals surface area contributed by atoms with Gasteiger partial charge < -0.3 is 15.2 Å². The van der Waals surface area contributed by atoms with Crippen LogP contribution in [0.1, 0.15) is 0 Å². The van der Waals surface area contributed by atoms with Gasteiger partial charge in [0.15, 0.2) is 0 Å². The number of hydrogen-bond acceptors (Lipinski definition) is 4. The van der Waals surface area contributed by atoms with Gasteiger partial charge in [0.05, 0.1) is 0 Å². The van der Waals surface area contributed by atoms with Crippen molar-refractivity contribution in [3.05, 3.63) is 21.6 Å². The molecule has 0 bridgehead atoms. The molecule has 1 aromatic rings. The summed E-state index contributed by atoms with van der Waals surface area (Å²) in [5.41, 5.74) is 0. The summed E-state index contributed by atoms with van der Waals surface area (Å²) in [7, 11) is 0. The smallest absolute Gasteiger partial charge is 0.401 e. The maximum absolute atomic E-state index is 10.2. The van der Waals surface area contributed by atoms with Gasteiger partial charge in [-0.2, -0.15) is 0 Å². The van der Waals surface area contributed by atoms with E-state index in [1.165, 1.54) is 0 Å². The highest BCUT2D eigenvalue weighted by Crippen LogP contribution is 2.21. The van der Waals surface area contributed by atoms with Crippen LogP contribution < -0.4 is 0 Å². The van der Waals surface area contributed by atoms with E-state index >= 15 is 0 Å². The number of hydrogen-bond donors (Lipinski definition) is 1. The van der Waals surface area contributed by atoms with Crippen LogP contribution >= 0.6 is 11.6 Å². The van der Waals surface area contributed by atoms with Crippen LogP contribution in [0.25, 0.3) is 0 Å². The minimum Gasteiger partial charge on any atom is -0.480 e. The molecular formula is C5H4ClN3O4. The van der Waals surface area contributed by atoms with Crippen LogP contribution in [0.4, 0.5) is 5.82 Å². The summed E-state index contributed by atoms with van der Waals surface area (Å²) in [4.78, 5) is 23.0. The summed E-state index contributed by atoms with van der Waals surface area (Å²) in [5.74, 6) is -1.68. The van der Waals surface area contributed by atoms with Gasteiger partial charge in [-0.1, -0.05) is 11.6 Å². The highest BCUT2D eigenvalue weighted by atomic mass is 35.5. The molecule has 0 saturated carbocycles. The molecule has 13 heavy (non-hydrogen) atoms. The molecule has 0 unspecified atom stereocenters. The average molecular weight is 206 g/mol. The Morgan fingerprint density at radius 3 is 2.85 bits per heavy atom. The Morgan fingerprint density at radius 1 is 1.85 bits per heavy atom. The maximum atomic E-state index is 10.2. The van der Waals surface area contributed by atoms with E-state index < -0.39 is 23.3 Å². The van der Waals surface area contributed by atoms with Gasteiger partial charge in [-0.15, -0.1) is 0 Å². The van der Waals surface area contributed by atoms with Gasteiger partial charge in [-0.3, -0.25) is 9.36 Å². The number of carbonyl (C=O) groups is 1. The minimum absolute atomic E-state index is 0.285. The van der Waals surface area contributed by atoms with Crippen molar-refractivity contribution < 1.29 is 14.8 Å². The summed E-state index contributed by atoms with van der Waals surface area (Å²) in [6, 6.07) is 0. The molecule has 0 spiro atoms. The summed E-state index contributed by atoms with van der Waals surface area (Å²) in [5, 5.41) is 18.3. The van der Waals surface area contributed by atoms with Gasteiger partial charge in [-0.25, -0.2) is 0 Å². The first-order valence-electron chi connectivity index (χ1n) is 3.09. The van der Waals surface area contributed by atoms with Gasteiger partial charge >= 0.3 is 11.8 Å². The third-order valence-electron chi connectivity index (χ3n) is 1.23. The molecule has 0 aliphatic heterocycles. The summed E-state index contributed by atoms with van der Waals surface area (Å²) < 4.78 is 0.974. The van der Waals surface area contributed by atoms with Crippen molar-refractivity contribution in [2.24, 2.45) is 0 Å². The molecule has 0 fully saturated rings. The minimum atomic E-state index is -1.14. The first-order chi connectivity index (χ1) is 6.02. The van der Waals surface area contributed by atoms with E-state index in [-0.39, 0.29) is 5.15 Å². The molecule has 0 aliphatic carbocycles. The van der Waals surface area contributed by atoms with Crippen LogP contribution in [-0.4, -0.2) is 25.6 Å². The lowest BCUT2D eigenvalue weighted by Crippen LogP contribution is -2.07. The third-order valence-corrected chi connectivity index (χ3v) is 1.62. The Kier molecular flexibility index (Phi) is 2.47. The molecule has 1 heterocycles. The fourth-order valence-electron chi connectivity index (χ4n) is 0.735. The standard InChI is InChI=1S/C5H4ClN3O4/c6-4-5(9(12)13)7-2-8(4)1-3(10)11/h2H,1H2,(H,10,11). The van der Waals surface area contributed by atoms with Crippen LogP contribution in [-0.2, 0) is 11.3 Å². The second-order valence-corrected chi connectivity index (χ2v) is 2.50. The van der Waals surface area contributed by atoms with E-state index in [0.717, 1.165) is 10.9 Å². The fraction of sp³-hybridized carbons (Fsp3) is 0.200. The lowest BCUT2D eigenvalue weighted by molar-refractivity contribution is -0.389. The quantitative estimate of drug-likeness (QED) is 0.573. The van der Waals surface area contributed by atoms with Crippen molar-refractivity contribution in [3.63, 3.8) is 0 Å². The number of nitrogens with zero attached hydrogens (tertiary/aromatic N) is 3. The number of aromatic nitrogens is 2. The third kappa shape index (κ3) is 1.94. The highest BCUT2D eigenvalue weighted by molar-refractivity contribution is 6.31. The molecule has 7 nitrogen and oxygen atoms in total. The predicted molar refractivity (Wildman–Crippen MR) is 41.5 cm³/mol. The van der Waals surface area contributed by atoms with Crippen molar-refractivity contribution in [2.45, 2.75) is 6.54 Å². The molecule has 8 heteroatoms. The molecule has 0 saturated heterocycles. The SMILES string of the molecule is O=C(O)Cn1cnc([N+](=O)[O-])c1Cl. The number of rotatable bonds is 3. The van der Waals surface area contributed by atoms with Crippen molar-refractivity contribution in [1.29, 1.82) is 0 Å². The van der Waals surface area contributed by atoms with Crippen molar-refractivity contribution in [3.8, 4) is 0 Å². The van der Waals surface area contributed by atoms with Gasteiger partial charge in [0.1, 0.15) is 6.54 Å². The maximum Gasteiger partial charge on any atom is 0.401 e. The van der Waals surface area contributed by atoms with Crippen LogP contribution in [0.5, 0.6) is 0 Å². The summed E-state index contributed by atoms with van der Waals surface area (Å²) in [6.07, 6.45) is 1.01. The zero-order valence-electron chi connectivity index (χ0n) is 6.18. The zero-order chi connectivity index (χ0) is 10.0. The average Bonchev–Trinajstić information content (AvgIpc) is 2.32. The molecule has 0 atom stereocenters. The van der Waals surface area contributed by atoms with Crippen molar-refractivity contribution >= 4 is 23.4 Å². The normalized spacial score (nSPS) is 9.92. The van der Waals surface area contributed by atoms with E-state index in [0.29, 0.717) is 0 Å². The van der Waals surface area contributed by atoms with Crippen molar-refractivity contribution in [2.75, 3.05) is 0 Å². The van der Waals surface area contributed by atoms with Crippen LogP contribution in [0.15, 0.2) is 6.33 Å². The molecule has 0 amide bonds. The van der Waals surface area contributed by atoms with Crippen LogP contribution in [0.3, 0.4) is 0 Å². The Bertz CT molecular complexity index is 361. The van der Waals surface area contributed by atoms with Gasteiger partial charge in [0, 0.05) is 0 Å². The monoisotopic (exact) mass is 205 g/mol. The largest absolute Gasteiger partial charge is 0.480 e. The number of carboxylic acid groups (broad SMARTS) is 1. The molecule has 1 aromatic heterocycles. The first-order valence-corrected chi connectivity index (χ1v) is 3.47. The van der Waals surface area contributed by atoms with Crippen LogP contribution in [0.2, 0.25) is 5.15 Å². The second kappa shape index (κ2) is 3.40. The Morgan fingerprint density at radius 2 is 2.46 bits per heavy atom. The first kappa shape index (κ1) is 9.46. The molecule has 70 valence electrons. The Balaban J connectivity index is 2.99. The van der Waals surface area contributed by atoms with E-state index in [1.54, 1.807) is 0 Å². The van der Waals surface area contributed by atoms with E-state index in [4.69, 9.17) is 16.7 Å². The zero-order valence-corrected chi connectivity index (χ0v) is 6.93. The molecule has 0 aromatic carbocycles. The summed E-state index contributed by atoms with van der Waals surface area (Å²) in [6.45, 7) is -0.445. The van der Waals surface area contributed by atoms with Gasteiger partial charge in [0.2, 0.25) is 11.5 Å². The molecule has 1 N–H and O–H groups in total. The number of aliphatic carboxylic acids is 1. The Labute approximate surface area is 76.7 Å². The molecular weight excluding hydrogens is 202 g/mol. The van der Waals surface area contributed by atoms with E-state index in [9.17, 15) is 14.9 Å². The molecule has 0 aliphatic rings. The van der Waals surface area contributed by atoms with E-state index in [2.05, 4.69) is 4.98 Å². The number of halogens is 1. The fourth-order valence-corrected chi connectivity index (χ4v) is 0.956. The predicted octanol–water partition coefficient (Wildman–Crippen LogP) is 0.529. The lowest BCUT2D eigenvalue weighted by atomic mass is 10.6. The van der Waals surface area contributed by atoms with Crippen LogP contribution in [0, 0.1) is 10.1 Å². The summed E-state index contributed by atoms with van der Waals surface area (Å²) >= 11 is 5.46. The van der Waals surface area contributed by atoms with Crippen molar-refractivity contribution in [1.82, 2.24) is 9.55 Å². The second-order valence-electron chi connectivity index (χ2n) is 2.14. The highest BCUT2D eigenvalue weighted by Gasteiger charge is 2.20. The molecule has 0 radical (unpaired) electrons. The number of imidazole rings is 1. The number of nitro groups is 1. The topological polar surface area (TPSA) is 98.3 Å². The van der Waals surface area contributed by atoms with Gasteiger partial charge in [0.25, 0.3) is 0 Å². The Hall–Kier alpha value is -1.63. The van der Waals surface area contributed by atoms with E-state index in [1.807, 2.05) is 0 Å². The lowest BCUT2D eigenvalue weighted by Gasteiger charge is -1.95. The van der Waals surface area contributed by atoms with Gasteiger partial charge in [-0.05, 0) is 9.91 Å². The molecule has 1 rings (SSSR count).